The van der Waals surface area contributed by atoms with E-state index in [0.29, 0.717) is 11.4 Å². The van der Waals surface area contributed by atoms with Crippen LogP contribution in [0.15, 0.2) is 144 Å². The highest BCUT2D eigenvalue weighted by molar-refractivity contribution is 6.09. The largest absolute Gasteiger partial charge is 0.456 e. The highest BCUT2D eigenvalue weighted by Crippen LogP contribution is 2.40. The normalized spacial score (nSPS) is 13.6. The Kier molecular flexibility index (Phi) is 4.89. The van der Waals surface area contributed by atoms with Gasteiger partial charge in [-0.15, -0.1) is 0 Å². The van der Waals surface area contributed by atoms with Crippen LogP contribution >= 0.6 is 0 Å². The predicted octanol–water partition coefficient (Wildman–Crippen LogP) is 11.7. The summed E-state index contributed by atoms with van der Waals surface area (Å²) in [5, 5.41) is 6.20. The second-order valence-electron chi connectivity index (χ2n) is 12.2. The molecular weight excluding hydrogens is 536 g/mol. The number of furan rings is 1. The van der Waals surface area contributed by atoms with Crippen molar-refractivity contribution in [1.29, 1.82) is 0 Å². The van der Waals surface area contributed by atoms with Crippen molar-refractivity contribution in [2.24, 2.45) is 0 Å². The van der Waals surface area contributed by atoms with Crippen molar-refractivity contribution in [2.75, 3.05) is 4.90 Å². The van der Waals surface area contributed by atoms with Crippen LogP contribution in [0.1, 0.15) is 33.2 Å². The van der Waals surface area contributed by atoms with E-state index in [2.05, 4.69) is 68.2 Å². The fourth-order valence-corrected chi connectivity index (χ4v) is 6.02. The van der Waals surface area contributed by atoms with Crippen molar-refractivity contribution in [2.45, 2.75) is 26.2 Å². The van der Waals surface area contributed by atoms with Gasteiger partial charge in [0.1, 0.15) is 11.2 Å². The minimum atomic E-state index is -0.439. The maximum absolute atomic E-state index is 8.94. The number of pyridine rings is 1. The molecule has 8 aromatic rings. The lowest BCUT2D eigenvalue weighted by Gasteiger charge is -2.26. The van der Waals surface area contributed by atoms with E-state index in [1.807, 2.05) is 54.6 Å². The Labute approximate surface area is 264 Å². The Morgan fingerprint density at radius 1 is 0.591 bits per heavy atom. The summed E-state index contributed by atoms with van der Waals surface area (Å²) in [4.78, 5) is 6.35. The Balaban J connectivity index is 1.34. The van der Waals surface area contributed by atoms with Gasteiger partial charge in [-0.2, -0.15) is 0 Å². The van der Waals surface area contributed by atoms with E-state index >= 15 is 0 Å². The zero-order valence-corrected chi connectivity index (χ0v) is 24.7. The fourth-order valence-electron chi connectivity index (χ4n) is 6.02. The number of aromatic nitrogens is 1. The number of hydrogen-bond donors (Lipinski definition) is 0. The van der Waals surface area contributed by atoms with Crippen molar-refractivity contribution in [3.05, 3.63) is 145 Å². The summed E-state index contributed by atoms with van der Waals surface area (Å²) in [5.41, 5.74) is 5.79. The Hall–Kier alpha value is -5.41. The Morgan fingerprint density at radius 2 is 1.32 bits per heavy atom. The highest BCUT2D eigenvalue weighted by atomic mass is 16.3. The first-order valence-corrected chi connectivity index (χ1v) is 14.7. The molecule has 2 aromatic heterocycles. The number of fused-ring (bicyclic) bond motifs is 6. The molecule has 0 saturated carbocycles. The number of para-hydroxylation sites is 1. The number of nitrogens with zero attached hydrogens (tertiary/aromatic N) is 2. The molecule has 3 nitrogen and oxygen atoms in total. The molecule has 6 aromatic carbocycles. The van der Waals surface area contributed by atoms with Gasteiger partial charge in [0.25, 0.3) is 0 Å². The summed E-state index contributed by atoms with van der Waals surface area (Å²) in [5.74, 6) is 0. The lowest BCUT2D eigenvalue weighted by atomic mass is 9.86. The maximum Gasteiger partial charge on any atom is 0.135 e. The van der Waals surface area contributed by atoms with Crippen LogP contribution in [0.4, 0.5) is 17.1 Å². The van der Waals surface area contributed by atoms with Crippen molar-refractivity contribution in [3.8, 4) is 11.1 Å². The average molecular weight is 574 g/mol. The van der Waals surface area contributed by atoms with Crippen molar-refractivity contribution >= 4 is 60.5 Å². The summed E-state index contributed by atoms with van der Waals surface area (Å²) < 4.78 is 49.3. The zero-order valence-electron chi connectivity index (χ0n) is 29.7. The number of hydrogen-bond acceptors (Lipinski definition) is 3. The molecule has 0 N–H and O–H groups in total. The fraction of sp³-hybridized carbons (Fsp3) is 0.0976. The third kappa shape index (κ3) is 4.49. The lowest BCUT2D eigenvalue weighted by molar-refractivity contribution is 0.590. The summed E-state index contributed by atoms with van der Waals surface area (Å²) in [6, 6.07) is 30.7. The Bertz CT molecular complexity index is 2590. The van der Waals surface area contributed by atoms with E-state index in [1.54, 1.807) is 17.3 Å². The third-order valence-electron chi connectivity index (χ3n) is 8.35. The molecule has 0 radical (unpaired) electrons. The van der Waals surface area contributed by atoms with Gasteiger partial charge < -0.3 is 9.32 Å². The molecule has 0 bridgehead atoms. The summed E-state index contributed by atoms with van der Waals surface area (Å²) in [6.07, 6.45) is 3.44. The van der Waals surface area contributed by atoms with Gasteiger partial charge in [0, 0.05) is 33.9 Å². The Morgan fingerprint density at radius 3 is 2.14 bits per heavy atom. The molecular formula is C41H32N2O. The standard InChI is InChI=1S/C41H32N2O/c1-41(2,3)31-17-20-40-38(23-31)37-22-29(16-19-39(37)44-40)30-21-34(26-42-25-30)43(32-10-5-4-6-11-32)33-18-15-28-14-13-27-9-7-8-12-35(27)36(28)24-33/h4-26H,1-3H3/i4D,5D,6D,10D,11D. The van der Waals surface area contributed by atoms with Crippen LogP contribution in [0.2, 0.25) is 0 Å². The molecule has 212 valence electrons. The monoisotopic (exact) mass is 573 g/mol. The van der Waals surface area contributed by atoms with Crippen molar-refractivity contribution in [3.63, 3.8) is 0 Å². The summed E-state index contributed by atoms with van der Waals surface area (Å²) in [7, 11) is 0. The van der Waals surface area contributed by atoms with E-state index in [1.165, 1.54) is 5.56 Å². The molecule has 8 rings (SSSR count). The van der Waals surface area contributed by atoms with Gasteiger partial charge in [0.2, 0.25) is 0 Å². The zero-order chi connectivity index (χ0) is 34.2. The molecule has 3 heteroatoms. The molecule has 44 heavy (non-hydrogen) atoms. The molecule has 0 atom stereocenters. The van der Waals surface area contributed by atoms with Crippen LogP contribution in [-0.2, 0) is 5.41 Å². The third-order valence-corrected chi connectivity index (χ3v) is 8.35. The molecule has 2 heterocycles. The molecule has 0 aliphatic heterocycles. The van der Waals surface area contributed by atoms with Gasteiger partial charge in [-0.05, 0) is 92.6 Å². The molecule has 0 aliphatic rings. The van der Waals surface area contributed by atoms with Gasteiger partial charge in [-0.3, -0.25) is 4.98 Å². The first kappa shape index (κ1) is 21.3. The average Bonchev–Trinajstić information content (AvgIpc) is 3.48. The maximum atomic E-state index is 8.94. The van der Waals surface area contributed by atoms with E-state index < -0.39 is 18.1 Å². The summed E-state index contributed by atoms with van der Waals surface area (Å²) in [6.45, 7) is 6.58. The van der Waals surface area contributed by atoms with Crippen LogP contribution in [0.3, 0.4) is 0 Å². The molecule has 0 spiro atoms. The second-order valence-corrected chi connectivity index (χ2v) is 12.2. The molecule has 0 amide bonds. The van der Waals surface area contributed by atoms with Crippen LogP contribution < -0.4 is 4.90 Å². The minimum absolute atomic E-state index is 0.0183. The topological polar surface area (TPSA) is 29.3 Å². The molecule has 0 unspecified atom stereocenters. The molecule has 0 fully saturated rings. The lowest BCUT2D eigenvalue weighted by Crippen LogP contribution is -2.10. The van der Waals surface area contributed by atoms with E-state index in [9.17, 15) is 0 Å². The smallest absolute Gasteiger partial charge is 0.135 e. The second kappa shape index (κ2) is 10.1. The highest BCUT2D eigenvalue weighted by Gasteiger charge is 2.18. The van der Waals surface area contributed by atoms with E-state index in [-0.39, 0.29) is 23.2 Å². The SMILES string of the molecule is [2H]c1c([2H])c([2H])c(N(c2cncc(-c3ccc4oc5ccc(C(C)(C)C)cc5c4c3)c2)c2ccc3ccc4ccccc4c3c2)c([2H])c1[2H]. The predicted molar refractivity (Wildman–Crippen MR) is 185 cm³/mol. The molecule has 0 saturated heterocycles. The van der Waals surface area contributed by atoms with Crippen LogP contribution in [0.5, 0.6) is 0 Å². The summed E-state index contributed by atoms with van der Waals surface area (Å²) >= 11 is 0. The number of rotatable bonds is 4. The van der Waals surface area contributed by atoms with Crippen LogP contribution in [-0.4, -0.2) is 4.98 Å². The van der Waals surface area contributed by atoms with Gasteiger partial charge in [0.15, 0.2) is 0 Å². The number of anilines is 3. The van der Waals surface area contributed by atoms with Gasteiger partial charge in [-0.1, -0.05) is 93.5 Å². The van der Waals surface area contributed by atoms with E-state index in [4.69, 9.17) is 11.3 Å². The molecule has 0 aliphatic carbocycles. The number of benzene rings is 6. The first-order chi connectivity index (χ1) is 23.5. The van der Waals surface area contributed by atoms with Gasteiger partial charge in [-0.25, -0.2) is 0 Å². The van der Waals surface area contributed by atoms with Gasteiger partial charge >= 0.3 is 0 Å². The minimum Gasteiger partial charge on any atom is -0.456 e. The van der Waals surface area contributed by atoms with E-state index in [0.717, 1.165) is 54.6 Å². The van der Waals surface area contributed by atoms with Crippen LogP contribution in [0.25, 0.3) is 54.6 Å². The first-order valence-electron chi connectivity index (χ1n) is 17.2. The van der Waals surface area contributed by atoms with Crippen molar-refractivity contribution in [1.82, 2.24) is 4.98 Å². The van der Waals surface area contributed by atoms with Crippen molar-refractivity contribution < 1.29 is 11.3 Å². The van der Waals surface area contributed by atoms with Crippen LogP contribution in [0, 0.1) is 0 Å². The quantitative estimate of drug-likeness (QED) is 0.196. The van der Waals surface area contributed by atoms with Gasteiger partial charge in [0.05, 0.1) is 18.7 Å².